The number of fused-ring (bicyclic) bond motifs is 1. The molecule has 4 rings (SSSR count). The number of carbonyl (C=O) groups is 1. The number of aromatic nitrogens is 3. The van der Waals surface area contributed by atoms with Crippen LogP contribution in [0.25, 0.3) is 16.5 Å². The normalized spacial score (nSPS) is 12.2. The lowest BCUT2D eigenvalue weighted by Gasteiger charge is -2.21. The molecule has 2 heterocycles. The van der Waals surface area contributed by atoms with Crippen molar-refractivity contribution in [3.05, 3.63) is 87.6 Å². The summed E-state index contributed by atoms with van der Waals surface area (Å²) in [5.74, 6) is -0.0985. The highest BCUT2D eigenvalue weighted by Gasteiger charge is 2.26. The summed E-state index contributed by atoms with van der Waals surface area (Å²) in [7, 11) is 0. The third-order valence-corrected chi connectivity index (χ3v) is 6.23. The maximum Gasteiger partial charge on any atom is 0.281 e. The van der Waals surface area contributed by atoms with E-state index in [0.717, 1.165) is 28.0 Å². The number of nitrogens with zero attached hydrogens (tertiary/aromatic N) is 3. The molecular formula is C26H28N4O2. The van der Waals surface area contributed by atoms with Crippen molar-refractivity contribution >= 4 is 22.4 Å². The second kappa shape index (κ2) is 8.46. The van der Waals surface area contributed by atoms with E-state index in [4.69, 9.17) is 0 Å². The lowest BCUT2D eigenvalue weighted by molar-refractivity contribution is -0.119. The van der Waals surface area contributed by atoms with Crippen molar-refractivity contribution < 1.29 is 4.79 Å². The van der Waals surface area contributed by atoms with Gasteiger partial charge in [-0.1, -0.05) is 31.2 Å². The SMILES string of the molecule is CC[C@@H](C(=O)Nc1ccc(C)c(C)c1)n1c(C)c2cnn(-c3ccccc3)c(=O)c2c1C. The van der Waals surface area contributed by atoms with Crippen LogP contribution in [0.5, 0.6) is 0 Å². The summed E-state index contributed by atoms with van der Waals surface area (Å²) in [6.45, 7) is 9.89. The number of para-hydroxylation sites is 1. The Morgan fingerprint density at radius 2 is 1.72 bits per heavy atom. The average molecular weight is 429 g/mol. The zero-order chi connectivity index (χ0) is 23.0. The summed E-state index contributed by atoms with van der Waals surface area (Å²) >= 11 is 0. The first-order valence-corrected chi connectivity index (χ1v) is 10.9. The van der Waals surface area contributed by atoms with Gasteiger partial charge < -0.3 is 9.88 Å². The van der Waals surface area contributed by atoms with Crippen LogP contribution in [0.2, 0.25) is 0 Å². The molecular weight excluding hydrogens is 400 g/mol. The van der Waals surface area contributed by atoms with E-state index in [2.05, 4.69) is 10.4 Å². The number of hydrogen-bond acceptors (Lipinski definition) is 3. The van der Waals surface area contributed by atoms with Crippen molar-refractivity contribution in [1.29, 1.82) is 0 Å². The molecule has 1 amide bonds. The molecule has 4 aromatic rings. The van der Waals surface area contributed by atoms with E-state index in [1.807, 2.05) is 87.7 Å². The van der Waals surface area contributed by atoms with Gasteiger partial charge in [0.05, 0.1) is 17.3 Å². The summed E-state index contributed by atoms with van der Waals surface area (Å²) < 4.78 is 3.38. The van der Waals surface area contributed by atoms with E-state index in [0.29, 0.717) is 17.5 Å². The van der Waals surface area contributed by atoms with Gasteiger partial charge in [-0.05, 0) is 69.5 Å². The van der Waals surface area contributed by atoms with Gasteiger partial charge in [-0.3, -0.25) is 9.59 Å². The molecule has 0 unspecified atom stereocenters. The largest absolute Gasteiger partial charge is 0.335 e. The van der Waals surface area contributed by atoms with Crippen LogP contribution in [0.1, 0.15) is 41.9 Å². The Morgan fingerprint density at radius 1 is 1.00 bits per heavy atom. The van der Waals surface area contributed by atoms with E-state index in [-0.39, 0.29) is 11.5 Å². The van der Waals surface area contributed by atoms with Crippen molar-refractivity contribution in [1.82, 2.24) is 14.3 Å². The number of nitrogens with one attached hydrogen (secondary N) is 1. The van der Waals surface area contributed by atoms with Gasteiger partial charge in [-0.15, -0.1) is 0 Å². The molecule has 1 atom stereocenters. The minimum Gasteiger partial charge on any atom is -0.335 e. The highest BCUT2D eigenvalue weighted by Crippen LogP contribution is 2.28. The molecule has 0 aliphatic heterocycles. The maximum atomic E-state index is 13.3. The number of rotatable bonds is 5. The van der Waals surface area contributed by atoms with Gasteiger partial charge in [0.15, 0.2) is 0 Å². The highest BCUT2D eigenvalue weighted by molar-refractivity contribution is 5.95. The van der Waals surface area contributed by atoms with Crippen LogP contribution < -0.4 is 10.9 Å². The number of amides is 1. The molecule has 0 spiro atoms. The predicted octanol–water partition coefficient (Wildman–Crippen LogP) is 5.01. The molecule has 0 aliphatic rings. The summed E-state index contributed by atoms with van der Waals surface area (Å²) in [6, 6.07) is 14.8. The third-order valence-electron chi connectivity index (χ3n) is 6.23. The highest BCUT2D eigenvalue weighted by atomic mass is 16.2. The molecule has 0 saturated heterocycles. The van der Waals surface area contributed by atoms with E-state index in [1.165, 1.54) is 10.2 Å². The van der Waals surface area contributed by atoms with Gasteiger partial charge in [0.2, 0.25) is 5.91 Å². The monoisotopic (exact) mass is 428 g/mol. The van der Waals surface area contributed by atoms with E-state index in [1.54, 1.807) is 6.20 Å². The molecule has 0 fully saturated rings. The molecule has 0 aliphatic carbocycles. The first kappa shape index (κ1) is 21.6. The van der Waals surface area contributed by atoms with Crippen LogP contribution in [0.4, 0.5) is 5.69 Å². The Balaban J connectivity index is 1.78. The molecule has 0 saturated carbocycles. The Hall–Kier alpha value is -3.67. The molecule has 164 valence electrons. The zero-order valence-corrected chi connectivity index (χ0v) is 19.1. The lowest BCUT2D eigenvalue weighted by atomic mass is 10.1. The molecule has 6 nitrogen and oxygen atoms in total. The van der Waals surface area contributed by atoms with Gasteiger partial charge >= 0.3 is 0 Å². The van der Waals surface area contributed by atoms with Gasteiger partial charge in [-0.25, -0.2) is 0 Å². The Bertz CT molecular complexity index is 1370. The van der Waals surface area contributed by atoms with Crippen LogP contribution in [-0.2, 0) is 4.79 Å². The van der Waals surface area contributed by atoms with Crippen LogP contribution in [0.3, 0.4) is 0 Å². The fourth-order valence-electron chi connectivity index (χ4n) is 4.33. The minimum atomic E-state index is -0.436. The second-order valence-corrected chi connectivity index (χ2v) is 8.24. The first-order chi connectivity index (χ1) is 15.3. The minimum absolute atomic E-state index is 0.0985. The van der Waals surface area contributed by atoms with Crippen molar-refractivity contribution in [2.45, 2.75) is 47.1 Å². The number of carbonyl (C=O) groups excluding carboxylic acids is 1. The van der Waals surface area contributed by atoms with Crippen molar-refractivity contribution in [3.8, 4) is 5.69 Å². The second-order valence-electron chi connectivity index (χ2n) is 8.24. The Morgan fingerprint density at radius 3 is 2.38 bits per heavy atom. The first-order valence-electron chi connectivity index (χ1n) is 10.9. The van der Waals surface area contributed by atoms with Crippen LogP contribution in [-0.4, -0.2) is 20.3 Å². The summed E-state index contributed by atoms with van der Waals surface area (Å²) in [6.07, 6.45) is 2.32. The molecule has 2 aromatic carbocycles. The zero-order valence-electron chi connectivity index (χ0n) is 19.1. The summed E-state index contributed by atoms with van der Waals surface area (Å²) in [5.41, 5.74) is 5.25. The molecule has 6 heteroatoms. The van der Waals surface area contributed by atoms with Crippen molar-refractivity contribution in [2.24, 2.45) is 0 Å². The van der Waals surface area contributed by atoms with Gasteiger partial charge in [0.25, 0.3) is 5.56 Å². The Labute approximate surface area is 187 Å². The summed E-state index contributed by atoms with van der Waals surface area (Å²) in [5, 5.41) is 8.82. The Kier molecular flexibility index (Phi) is 5.70. The van der Waals surface area contributed by atoms with Crippen molar-refractivity contribution in [2.75, 3.05) is 5.32 Å². The van der Waals surface area contributed by atoms with Gasteiger partial charge in [-0.2, -0.15) is 9.78 Å². The lowest BCUT2D eigenvalue weighted by Crippen LogP contribution is -2.27. The number of anilines is 1. The van der Waals surface area contributed by atoms with Gasteiger partial charge in [0, 0.05) is 22.5 Å². The predicted molar refractivity (Wildman–Crippen MR) is 129 cm³/mol. The van der Waals surface area contributed by atoms with Crippen LogP contribution in [0.15, 0.2) is 59.5 Å². The van der Waals surface area contributed by atoms with Crippen molar-refractivity contribution in [3.63, 3.8) is 0 Å². The standard InChI is InChI=1S/C26H28N4O2/c1-6-23(25(31)28-20-13-12-16(2)17(3)14-20)29-18(4)22-15-27-30(21-10-8-7-9-11-21)26(32)24(22)19(29)5/h7-15,23H,6H2,1-5H3,(H,28,31)/t23-/m0/s1. The number of benzene rings is 2. The fraction of sp³-hybridized carbons (Fsp3) is 0.269. The topological polar surface area (TPSA) is 68.9 Å². The molecule has 0 bridgehead atoms. The quantitative estimate of drug-likeness (QED) is 0.486. The number of aryl methyl sites for hydroxylation is 4. The maximum absolute atomic E-state index is 13.3. The summed E-state index contributed by atoms with van der Waals surface area (Å²) in [4.78, 5) is 26.6. The smallest absolute Gasteiger partial charge is 0.281 e. The van der Waals surface area contributed by atoms with Crippen LogP contribution >= 0.6 is 0 Å². The molecule has 2 aromatic heterocycles. The third kappa shape index (κ3) is 3.62. The van der Waals surface area contributed by atoms with Gasteiger partial charge in [0.1, 0.15) is 6.04 Å². The average Bonchev–Trinajstić information content (AvgIpc) is 3.03. The molecule has 0 radical (unpaired) electrons. The fourth-order valence-corrected chi connectivity index (χ4v) is 4.33. The van der Waals surface area contributed by atoms with Crippen LogP contribution in [0, 0.1) is 27.7 Å². The van der Waals surface area contributed by atoms with E-state index < -0.39 is 6.04 Å². The molecule has 1 N–H and O–H groups in total. The van der Waals surface area contributed by atoms with E-state index in [9.17, 15) is 9.59 Å². The number of hydrogen-bond donors (Lipinski definition) is 1. The van der Waals surface area contributed by atoms with E-state index >= 15 is 0 Å². The molecule has 32 heavy (non-hydrogen) atoms.